The van der Waals surface area contributed by atoms with Crippen LogP contribution in [0.2, 0.25) is 0 Å². The van der Waals surface area contributed by atoms with Gasteiger partial charge in [0.2, 0.25) is 11.8 Å². The van der Waals surface area contributed by atoms with E-state index in [9.17, 15) is 34.5 Å². The number of carbonyl (C=O) groups excluding carboxylic acids is 2. The first kappa shape index (κ1) is 31.7. The number of carboxylic acid groups (broad SMARTS) is 2. The molecule has 206 valence electrons. The fraction of sp³-hybridized carbons (Fsp3) is 0.700. The predicted molar refractivity (Wildman–Crippen MR) is 124 cm³/mol. The van der Waals surface area contributed by atoms with Crippen molar-refractivity contribution in [3.8, 4) is 0 Å². The van der Waals surface area contributed by atoms with Crippen molar-refractivity contribution >= 4 is 35.5 Å². The molecule has 0 bridgehead atoms. The minimum absolute atomic E-state index is 0.0493. The normalized spacial score (nSPS) is 25.8. The Balaban J connectivity index is 2.49. The van der Waals surface area contributed by atoms with Gasteiger partial charge in [-0.3, -0.25) is 19.2 Å². The lowest BCUT2D eigenvalue weighted by atomic mass is 9.99. The predicted octanol–water partition coefficient (Wildman–Crippen LogP) is -4.03. The maximum Gasteiger partial charge on any atom is 0.322 e. The molecule has 2 amide bonds. The molecule has 2 unspecified atom stereocenters. The third-order valence-corrected chi connectivity index (χ3v) is 5.93. The van der Waals surface area contributed by atoms with E-state index in [1.807, 2.05) is 0 Å². The molecule has 7 atom stereocenters. The number of hydrogen-bond donors (Lipinski definition) is 9. The average Bonchev–Trinajstić information content (AvgIpc) is 2.83. The van der Waals surface area contributed by atoms with E-state index >= 15 is 0 Å². The molecule has 16 heteroatoms. The standard InChI is InChI=1S/C20H33N3O12S/c21-10(19(32)33)3-4-13(25)23-11(18(31)22-7-14(26)27)9-36-6-2-1-5-34-20-17(30)16(29)15(28)12(8-24)35-20/h1-2,10-12,15-17,20,24,28-30H,3-9,21H2,(H,22,31)(H,23,25)(H,26,27)(H,32,33)/b2-1+/t10-,11-,12?,15+,16-,17?,20+/m0/s1. The Morgan fingerprint density at radius 3 is 2.39 bits per heavy atom. The highest BCUT2D eigenvalue weighted by Crippen LogP contribution is 2.21. The first-order valence-corrected chi connectivity index (χ1v) is 12.1. The van der Waals surface area contributed by atoms with Crippen LogP contribution < -0.4 is 16.4 Å². The van der Waals surface area contributed by atoms with Crippen LogP contribution in [-0.4, -0.2) is 128 Å². The molecule has 15 nitrogen and oxygen atoms in total. The number of aliphatic carboxylic acids is 2. The molecule has 1 aliphatic heterocycles. The minimum atomic E-state index is -1.56. The van der Waals surface area contributed by atoms with E-state index < -0.39 is 79.7 Å². The summed E-state index contributed by atoms with van der Waals surface area (Å²) in [5, 5.41) is 60.6. The highest BCUT2D eigenvalue weighted by Gasteiger charge is 2.43. The van der Waals surface area contributed by atoms with Crippen LogP contribution in [0.1, 0.15) is 12.8 Å². The van der Waals surface area contributed by atoms with E-state index in [0.717, 1.165) is 0 Å². The molecule has 10 N–H and O–H groups in total. The van der Waals surface area contributed by atoms with Crippen molar-refractivity contribution < 1.29 is 59.3 Å². The van der Waals surface area contributed by atoms with Crippen LogP contribution >= 0.6 is 11.8 Å². The lowest BCUT2D eigenvalue weighted by Gasteiger charge is -2.39. The molecule has 1 saturated heterocycles. The molecule has 1 heterocycles. The van der Waals surface area contributed by atoms with Crippen LogP contribution in [-0.2, 0) is 28.7 Å². The highest BCUT2D eigenvalue weighted by atomic mass is 32.2. The molecule has 0 aromatic carbocycles. The number of aliphatic hydroxyl groups is 4. The van der Waals surface area contributed by atoms with Gasteiger partial charge in [0, 0.05) is 17.9 Å². The zero-order chi connectivity index (χ0) is 27.3. The molecule has 0 aromatic heterocycles. The van der Waals surface area contributed by atoms with Crippen LogP contribution in [0.5, 0.6) is 0 Å². The summed E-state index contributed by atoms with van der Waals surface area (Å²) in [6.07, 6.45) is -4.12. The van der Waals surface area contributed by atoms with Crippen LogP contribution in [0.3, 0.4) is 0 Å². The molecule has 0 radical (unpaired) electrons. The largest absolute Gasteiger partial charge is 0.480 e. The van der Waals surface area contributed by atoms with Crippen molar-refractivity contribution in [1.82, 2.24) is 10.6 Å². The van der Waals surface area contributed by atoms with Gasteiger partial charge in [-0.15, -0.1) is 0 Å². The summed E-state index contributed by atoms with van der Waals surface area (Å²) in [4.78, 5) is 45.8. The van der Waals surface area contributed by atoms with Crippen molar-refractivity contribution in [2.24, 2.45) is 5.73 Å². The SMILES string of the molecule is N[C@@H](CCC(=O)N[C@@H](CSC/C=C/CO[C@@H]1OC(CO)[C@@H](O)[C@H](O)C1O)C(=O)NCC(=O)O)C(=O)O. The van der Waals surface area contributed by atoms with Crippen LogP contribution in [0.15, 0.2) is 12.2 Å². The Kier molecular flexibility index (Phi) is 14.5. The molecular formula is C20H33N3O12S. The van der Waals surface area contributed by atoms with Gasteiger partial charge in [-0.25, -0.2) is 0 Å². The Hall–Kier alpha value is -2.31. The van der Waals surface area contributed by atoms with Gasteiger partial charge >= 0.3 is 11.9 Å². The summed E-state index contributed by atoms with van der Waals surface area (Å²) in [6, 6.07) is -2.32. The molecule has 0 aliphatic carbocycles. The molecule has 36 heavy (non-hydrogen) atoms. The van der Waals surface area contributed by atoms with Crippen molar-refractivity contribution in [1.29, 1.82) is 0 Å². The van der Waals surface area contributed by atoms with Gasteiger partial charge in [-0.1, -0.05) is 12.2 Å². The van der Waals surface area contributed by atoms with Gasteiger partial charge in [-0.05, 0) is 6.42 Å². The summed E-state index contributed by atoms with van der Waals surface area (Å²) in [5.74, 6) is -3.46. The number of carboxylic acids is 2. The lowest BCUT2D eigenvalue weighted by Crippen LogP contribution is -2.59. The second-order valence-electron chi connectivity index (χ2n) is 7.75. The molecular weight excluding hydrogens is 506 g/mol. The second-order valence-corrected chi connectivity index (χ2v) is 8.83. The van der Waals surface area contributed by atoms with Crippen LogP contribution in [0, 0.1) is 0 Å². The number of ether oxygens (including phenoxy) is 2. The summed E-state index contributed by atoms with van der Waals surface area (Å²) >= 11 is 1.22. The van der Waals surface area contributed by atoms with Gasteiger partial charge in [0.15, 0.2) is 6.29 Å². The number of aliphatic hydroxyl groups excluding tert-OH is 4. The van der Waals surface area contributed by atoms with Crippen LogP contribution in [0.4, 0.5) is 0 Å². The Bertz CT molecular complexity index is 768. The first-order chi connectivity index (χ1) is 17.0. The zero-order valence-electron chi connectivity index (χ0n) is 19.3. The summed E-state index contributed by atoms with van der Waals surface area (Å²) in [5.41, 5.74) is 5.35. The van der Waals surface area contributed by atoms with Crippen molar-refractivity contribution in [3.63, 3.8) is 0 Å². The van der Waals surface area contributed by atoms with Gasteiger partial charge < -0.3 is 56.5 Å². The summed E-state index contributed by atoms with van der Waals surface area (Å²) in [7, 11) is 0. The van der Waals surface area contributed by atoms with Crippen molar-refractivity contribution in [2.45, 2.75) is 55.6 Å². The smallest absolute Gasteiger partial charge is 0.322 e. The third-order valence-electron chi connectivity index (χ3n) is 4.94. The van der Waals surface area contributed by atoms with E-state index in [0.29, 0.717) is 5.75 Å². The van der Waals surface area contributed by atoms with Crippen LogP contribution in [0.25, 0.3) is 0 Å². The summed E-state index contributed by atoms with van der Waals surface area (Å²) in [6.45, 7) is -1.28. The van der Waals surface area contributed by atoms with Crippen molar-refractivity contribution in [3.05, 3.63) is 12.2 Å². The highest BCUT2D eigenvalue weighted by molar-refractivity contribution is 7.99. The fourth-order valence-electron chi connectivity index (χ4n) is 2.89. The number of rotatable bonds is 16. The molecule has 1 rings (SSSR count). The minimum Gasteiger partial charge on any atom is -0.480 e. The van der Waals surface area contributed by atoms with E-state index in [-0.39, 0.29) is 25.2 Å². The molecule has 1 fully saturated rings. The third kappa shape index (κ3) is 11.2. The summed E-state index contributed by atoms with van der Waals surface area (Å²) < 4.78 is 10.5. The second kappa shape index (κ2) is 16.4. The van der Waals surface area contributed by atoms with Crippen molar-refractivity contribution in [2.75, 3.05) is 31.3 Å². The number of nitrogens with two attached hydrogens (primary N) is 1. The zero-order valence-corrected chi connectivity index (χ0v) is 20.1. The molecule has 0 aromatic rings. The molecule has 1 aliphatic rings. The average molecular weight is 540 g/mol. The van der Waals surface area contributed by atoms with Gasteiger partial charge in [-0.2, -0.15) is 11.8 Å². The van der Waals surface area contributed by atoms with Gasteiger partial charge in [0.25, 0.3) is 0 Å². The van der Waals surface area contributed by atoms with E-state index in [4.69, 9.17) is 30.5 Å². The van der Waals surface area contributed by atoms with E-state index in [1.165, 1.54) is 11.8 Å². The maximum atomic E-state index is 12.2. The fourth-order valence-corrected chi connectivity index (χ4v) is 3.77. The van der Waals surface area contributed by atoms with E-state index in [1.54, 1.807) is 12.2 Å². The maximum absolute atomic E-state index is 12.2. The molecule has 0 saturated carbocycles. The Morgan fingerprint density at radius 1 is 1.08 bits per heavy atom. The van der Waals surface area contributed by atoms with Gasteiger partial charge in [0.05, 0.1) is 13.2 Å². The van der Waals surface area contributed by atoms with Gasteiger partial charge in [0.1, 0.15) is 43.0 Å². The quantitative estimate of drug-likeness (QED) is 0.0668. The van der Waals surface area contributed by atoms with E-state index in [2.05, 4.69) is 10.6 Å². The Morgan fingerprint density at radius 2 is 1.78 bits per heavy atom. The topological polar surface area (TPSA) is 258 Å². The number of hydrogen-bond acceptors (Lipinski definition) is 12. The number of amides is 2. The number of nitrogens with one attached hydrogen (secondary N) is 2. The molecule has 0 spiro atoms. The lowest BCUT2D eigenvalue weighted by molar-refractivity contribution is -0.298. The number of thioether (sulfide) groups is 1. The Labute approximate surface area is 210 Å². The monoisotopic (exact) mass is 539 g/mol. The number of carbonyl (C=O) groups is 4. The first-order valence-electron chi connectivity index (χ1n) is 10.9.